The van der Waals surface area contributed by atoms with Crippen molar-refractivity contribution in [1.29, 1.82) is 0 Å². The van der Waals surface area contributed by atoms with E-state index in [4.69, 9.17) is 1.37 Å². The lowest BCUT2D eigenvalue weighted by molar-refractivity contribution is 0.864. The molecule has 144 valence electrons. The summed E-state index contributed by atoms with van der Waals surface area (Å²) in [7, 11) is 0. The molecule has 0 aliphatic carbocycles. The van der Waals surface area contributed by atoms with E-state index in [1.165, 1.54) is 41.7 Å². The Morgan fingerprint density at radius 1 is 0.767 bits per heavy atom. The summed E-state index contributed by atoms with van der Waals surface area (Å²) in [5, 5.41) is 7.74. The van der Waals surface area contributed by atoms with Crippen LogP contribution in [0.25, 0.3) is 53.0 Å². The summed E-state index contributed by atoms with van der Waals surface area (Å²) in [5.74, 6) is -0.652. The van der Waals surface area contributed by atoms with Gasteiger partial charge in [0.1, 0.15) is 0 Å². The summed E-state index contributed by atoms with van der Waals surface area (Å²) < 4.78 is 11.0. The van der Waals surface area contributed by atoms with E-state index in [-0.39, 0.29) is 0 Å². The molecule has 6 rings (SSSR count). The van der Waals surface area contributed by atoms with Gasteiger partial charge in [0, 0.05) is 38.7 Å². The molecule has 30 heavy (non-hydrogen) atoms. The van der Waals surface area contributed by atoms with Crippen molar-refractivity contribution in [2.75, 3.05) is 0 Å². The minimum Gasteiger partial charge on any atom is -0.256 e. The maximum atomic E-state index is 8.42. The van der Waals surface area contributed by atoms with Gasteiger partial charge < -0.3 is 0 Å². The Labute approximate surface area is 181 Å². The zero-order chi connectivity index (χ0) is 21.2. The molecule has 1 nitrogen and oxygen atoms in total. The molecule has 6 aromatic rings. The Bertz CT molecular complexity index is 1620. The van der Waals surface area contributed by atoms with Crippen molar-refractivity contribution in [3.8, 4) is 11.3 Å². The van der Waals surface area contributed by atoms with Crippen LogP contribution in [0.2, 0.25) is 0 Å². The average Bonchev–Trinajstić information content (AvgIpc) is 3.17. The van der Waals surface area contributed by atoms with Gasteiger partial charge in [0.05, 0.1) is 5.69 Å². The van der Waals surface area contributed by atoms with E-state index in [9.17, 15) is 0 Å². The maximum Gasteiger partial charge on any atom is 0.0719 e. The SMILES string of the molecule is [2H]C(C)(C)c1ccnc(-c2cccc3c2sc2c3ccc3ccc4ccccc4c32)c1. The molecule has 0 atom stereocenters. The topological polar surface area (TPSA) is 12.9 Å². The van der Waals surface area contributed by atoms with Crippen LogP contribution in [-0.4, -0.2) is 4.98 Å². The minimum atomic E-state index is -0.652. The van der Waals surface area contributed by atoms with E-state index < -0.39 is 5.89 Å². The monoisotopic (exact) mass is 404 g/mol. The molecule has 0 radical (unpaired) electrons. The van der Waals surface area contributed by atoms with Crippen molar-refractivity contribution in [2.45, 2.75) is 19.7 Å². The van der Waals surface area contributed by atoms with Gasteiger partial charge in [-0.2, -0.15) is 0 Å². The minimum absolute atomic E-state index is 0.652. The normalized spacial score (nSPS) is 12.8. The number of nitrogens with zero attached hydrogens (tertiary/aromatic N) is 1. The van der Waals surface area contributed by atoms with Crippen molar-refractivity contribution in [1.82, 2.24) is 4.98 Å². The van der Waals surface area contributed by atoms with Crippen LogP contribution >= 0.6 is 11.3 Å². The molecule has 0 fully saturated rings. The number of fused-ring (bicyclic) bond motifs is 7. The Morgan fingerprint density at radius 2 is 1.53 bits per heavy atom. The summed E-state index contributed by atoms with van der Waals surface area (Å²) in [6.45, 7) is 3.84. The second kappa shape index (κ2) is 6.65. The number of aromatic nitrogens is 1. The van der Waals surface area contributed by atoms with Crippen LogP contribution in [0.3, 0.4) is 0 Å². The number of benzene rings is 4. The van der Waals surface area contributed by atoms with Gasteiger partial charge in [-0.05, 0) is 39.7 Å². The lowest BCUT2D eigenvalue weighted by Gasteiger charge is -2.08. The third kappa shape index (κ3) is 2.57. The lowest BCUT2D eigenvalue weighted by Crippen LogP contribution is -1.90. The van der Waals surface area contributed by atoms with Gasteiger partial charge in [-0.3, -0.25) is 4.98 Å². The fourth-order valence-corrected chi connectivity index (χ4v) is 5.83. The zero-order valence-corrected chi connectivity index (χ0v) is 17.8. The van der Waals surface area contributed by atoms with Crippen LogP contribution in [0.15, 0.2) is 85.1 Å². The first-order valence-corrected chi connectivity index (χ1v) is 11.0. The van der Waals surface area contributed by atoms with E-state index in [0.717, 1.165) is 16.8 Å². The highest BCUT2D eigenvalue weighted by molar-refractivity contribution is 7.27. The summed E-state index contributed by atoms with van der Waals surface area (Å²) in [4.78, 5) is 4.68. The van der Waals surface area contributed by atoms with Gasteiger partial charge in [-0.1, -0.05) is 80.6 Å². The molecular weight excluding hydrogens is 382 g/mol. The van der Waals surface area contributed by atoms with Gasteiger partial charge >= 0.3 is 0 Å². The first-order chi connectivity index (χ1) is 15.0. The quantitative estimate of drug-likeness (QED) is 0.263. The van der Waals surface area contributed by atoms with Gasteiger partial charge in [-0.15, -0.1) is 11.3 Å². The molecule has 0 bridgehead atoms. The van der Waals surface area contributed by atoms with Crippen LogP contribution in [0, 0.1) is 0 Å². The average molecular weight is 405 g/mol. The largest absolute Gasteiger partial charge is 0.256 e. The molecule has 0 aliphatic rings. The molecule has 2 heterocycles. The molecule has 0 aliphatic heterocycles. The van der Waals surface area contributed by atoms with Crippen LogP contribution in [0.4, 0.5) is 0 Å². The summed E-state index contributed by atoms with van der Waals surface area (Å²) in [5.41, 5.74) is 3.05. The first-order valence-electron chi connectivity index (χ1n) is 10.7. The summed E-state index contributed by atoms with van der Waals surface area (Å²) in [6.07, 6.45) is 1.83. The van der Waals surface area contributed by atoms with Crippen molar-refractivity contribution in [3.63, 3.8) is 0 Å². The molecule has 0 spiro atoms. The molecule has 0 saturated heterocycles. The zero-order valence-electron chi connectivity index (χ0n) is 17.9. The Hall–Kier alpha value is -3.23. The third-order valence-corrected chi connectivity index (χ3v) is 7.26. The second-order valence-corrected chi connectivity index (χ2v) is 9.06. The first kappa shape index (κ1) is 16.6. The number of rotatable bonds is 2. The van der Waals surface area contributed by atoms with Crippen molar-refractivity contribution >= 4 is 53.1 Å². The van der Waals surface area contributed by atoms with E-state index in [1.54, 1.807) is 0 Å². The molecule has 4 aromatic carbocycles. The molecule has 2 aromatic heterocycles. The van der Waals surface area contributed by atoms with E-state index in [1.807, 2.05) is 37.4 Å². The molecular formula is C28H21NS. The van der Waals surface area contributed by atoms with Gasteiger partial charge in [0.15, 0.2) is 0 Å². The van der Waals surface area contributed by atoms with Gasteiger partial charge in [0.2, 0.25) is 0 Å². The van der Waals surface area contributed by atoms with E-state index >= 15 is 0 Å². The fourth-order valence-electron chi connectivity index (χ4n) is 4.43. The molecule has 0 unspecified atom stereocenters. The Balaban J connectivity index is 1.71. The van der Waals surface area contributed by atoms with Crippen LogP contribution in [-0.2, 0) is 0 Å². The van der Waals surface area contributed by atoms with Gasteiger partial charge in [-0.25, -0.2) is 0 Å². The van der Waals surface area contributed by atoms with Crippen molar-refractivity contribution in [3.05, 3.63) is 90.6 Å². The third-order valence-electron chi connectivity index (χ3n) is 5.99. The lowest BCUT2D eigenvalue weighted by atomic mass is 9.98. The van der Waals surface area contributed by atoms with Crippen LogP contribution in [0.1, 0.15) is 26.7 Å². The number of thiophene rings is 1. The number of hydrogen-bond acceptors (Lipinski definition) is 2. The highest BCUT2D eigenvalue weighted by Gasteiger charge is 2.15. The molecule has 0 amide bonds. The summed E-state index contributed by atoms with van der Waals surface area (Å²) in [6, 6.07) is 28.1. The molecule has 2 heteroatoms. The Kier molecular flexibility index (Phi) is 3.67. The highest BCUT2D eigenvalue weighted by Crippen LogP contribution is 2.44. The van der Waals surface area contributed by atoms with Crippen molar-refractivity contribution in [2.24, 2.45) is 0 Å². The summed E-state index contributed by atoms with van der Waals surface area (Å²) >= 11 is 1.85. The smallest absolute Gasteiger partial charge is 0.0719 e. The number of pyridine rings is 1. The second-order valence-electron chi connectivity index (χ2n) is 8.04. The predicted molar refractivity (Wildman–Crippen MR) is 132 cm³/mol. The fraction of sp³-hybridized carbons (Fsp3) is 0.107. The van der Waals surface area contributed by atoms with Crippen LogP contribution < -0.4 is 0 Å². The van der Waals surface area contributed by atoms with Crippen molar-refractivity contribution < 1.29 is 1.37 Å². The number of hydrogen-bond donors (Lipinski definition) is 0. The Morgan fingerprint density at radius 3 is 2.43 bits per heavy atom. The van der Waals surface area contributed by atoms with E-state index in [0.29, 0.717) is 0 Å². The molecule has 0 saturated carbocycles. The van der Waals surface area contributed by atoms with E-state index in [2.05, 4.69) is 77.8 Å². The molecule has 0 N–H and O–H groups in total. The standard InChI is InChI=1S/C28H21NS/c1-17(2)20-14-15-29-25(16-20)24-9-5-8-22-23-13-12-19-11-10-18-6-3-4-7-21(18)26(19)28(23)30-27(22)24/h3-17H,1-2H3/i17D. The van der Waals surface area contributed by atoms with Gasteiger partial charge in [0.25, 0.3) is 0 Å². The highest BCUT2D eigenvalue weighted by atomic mass is 32.1. The predicted octanol–water partition coefficient (Wildman–Crippen LogP) is 8.55. The maximum absolute atomic E-state index is 8.42. The van der Waals surface area contributed by atoms with Crippen LogP contribution in [0.5, 0.6) is 0 Å².